The van der Waals surface area contributed by atoms with Crippen molar-refractivity contribution in [2.24, 2.45) is 5.92 Å². The van der Waals surface area contributed by atoms with E-state index in [2.05, 4.69) is 0 Å². The maximum atomic E-state index is 10.8. The lowest BCUT2D eigenvalue weighted by Gasteiger charge is -2.07. The number of carbonyl (C=O) groups excluding carboxylic acids is 2. The van der Waals surface area contributed by atoms with Crippen molar-refractivity contribution < 1.29 is 9.59 Å². The summed E-state index contributed by atoms with van der Waals surface area (Å²) in [7, 11) is 0. The molecular weight excluding hydrogens is 118 g/mol. The van der Waals surface area contributed by atoms with E-state index in [1.54, 1.807) is 0 Å². The van der Waals surface area contributed by atoms with Crippen LogP contribution in [0.1, 0.15) is 0 Å². The highest BCUT2D eigenvalue weighted by Gasteiger charge is 2.42. The summed E-state index contributed by atoms with van der Waals surface area (Å²) in [6.07, 6.45) is 0. The smallest absolute Gasteiger partial charge is 0.158 e. The van der Waals surface area contributed by atoms with Crippen LogP contribution in [0.5, 0.6) is 0 Å². The Kier molecular flexibility index (Phi) is 0.805. The zero-order valence-corrected chi connectivity index (χ0v) is 4.96. The molecular formula is C6H7NO2. The molecule has 2 aliphatic rings. The first-order chi connectivity index (χ1) is 4.27. The van der Waals surface area contributed by atoms with E-state index in [0.717, 1.165) is 0 Å². The van der Waals surface area contributed by atoms with Crippen LogP contribution in [0.2, 0.25) is 0 Å². The van der Waals surface area contributed by atoms with Crippen molar-refractivity contribution in [2.45, 2.75) is 0 Å². The molecule has 3 heteroatoms. The van der Waals surface area contributed by atoms with E-state index in [9.17, 15) is 9.59 Å². The fourth-order valence-electron chi connectivity index (χ4n) is 1.49. The minimum absolute atomic E-state index is 0.117. The van der Waals surface area contributed by atoms with Gasteiger partial charge in [0, 0.05) is 6.54 Å². The van der Waals surface area contributed by atoms with Crippen molar-refractivity contribution >= 4 is 11.6 Å². The minimum Gasteiger partial charge on any atom is -0.297 e. The number of fused-ring (bicyclic) bond motifs is 2. The van der Waals surface area contributed by atoms with Crippen LogP contribution >= 0.6 is 0 Å². The van der Waals surface area contributed by atoms with Gasteiger partial charge in [-0.15, -0.1) is 0 Å². The van der Waals surface area contributed by atoms with Gasteiger partial charge in [0.2, 0.25) is 0 Å². The van der Waals surface area contributed by atoms with Gasteiger partial charge in [-0.1, -0.05) is 0 Å². The molecule has 0 aromatic heterocycles. The van der Waals surface area contributed by atoms with Gasteiger partial charge < -0.3 is 0 Å². The average molecular weight is 125 g/mol. The lowest BCUT2D eigenvalue weighted by atomic mass is 10.0. The number of hydrogen-bond acceptors (Lipinski definition) is 3. The van der Waals surface area contributed by atoms with Gasteiger partial charge in [-0.2, -0.15) is 0 Å². The predicted molar refractivity (Wildman–Crippen MR) is 29.9 cm³/mol. The fraction of sp³-hybridized carbons (Fsp3) is 0.667. The van der Waals surface area contributed by atoms with Crippen molar-refractivity contribution in [1.29, 1.82) is 0 Å². The normalized spacial score (nSPS) is 40.4. The van der Waals surface area contributed by atoms with Crippen LogP contribution in [0.15, 0.2) is 0 Å². The molecule has 0 unspecified atom stereocenters. The number of piperidine rings is 1. The molecule has 0 aliphatic carbocycles. The molecule has 2 saturated heterocycles. The number of rotatable bonds is 0. The molecule has 0 radical (unpaired) electrons. The van der Waals surface area contributed by atoms with E-state index in [1.807, 2.05) is 4.90 Å². The number of carbonyl (C=O) groups is 2. The number of Topliss-reactive ketones (excluding diaryl/α,β-unsaturated/α-hetero) is 2. The van der Waals surface area contributed by atoms with Gasteiger partial charge in [0.1, 0.15) is 0 Å². The molecule has 2 fully saturated rings. The van der Waals surface area contributed by atoms with Gasteiger partial charge >= 0.3 is 0 Å². The topological polar surface area (TPSA) is 37.4 Å². The highest BCUT2D eigenvalue weighted by molar-refractivity contribution is 6.08. The molecule has 2 bridgehead atoms. The maximum absolute atomic E-state index is 10.8. The summed E-state index contributed by atoms with van der Waals surface area (Å²) in [4.78, 5) is 23.5. The Labute approximate surface area is 52.6 Å². The monoisotopic (exact) mass is 125 g/mol. The molecule has 0 amide bonds. The first-order valence-corrected chi connectivity index (χ1v) is 3.05. The lowest BCUT2D eigenvalue weighted by Crippen LogP contribution is -2.30. The third-order valence-electron chi connectivity index (χ3n) is 1.98. The number of nitrogens with zero attached hydrogens (tertiary/aromatic N) is 1. The molecule has 0 spiro atoms. The van der Waals surface area contributed by atoms with Crippen molar-refractivity contribution in [1.82, 2.24) is 4.90 Å². The van der Waals surface area contributed by atoms with Crippen LogP contribution < -0.4 is 0 Å². The summed E-state index contributed by atoms with van der Waals surface area (Å²) < 4.78 is 0. The van der Waals surface area contributed by atoms with E-state index in [-0.39, 0.29) is 17.5 Å². The average Bonchev–Trinajstić information content (AvgIpc) is 2.22. The van der Waals surface area contributed by atoms with E-state index < -0.39 is 0 Å². The van der Waals surface area contributed by atoms with Gasteiger partial charge in [-0.05, 0) is 0 Å². The molecule has 0 N–H and O–H groups in total. The molecule has 2 aliphatic heterocycles. The van der Waals surface area contributed by atoms with Gasteiger partial charge in [0.15, 0.2) is 11.6 Å². The standard InChI is InChI=1S/C6H7NO2/c8-5-2-7-1-4(5)6(9)3-7/h4H,1-3H2. The third-order valence-corrected chi connectivity index (χ3v) is 1.98. The summed E-state index contributed by atoms with van der Waals surface area (Å²) in [5.74, 6) is -0.0116. The second-order valence-corrected chi connectivity index (χ2v) is 2.65. The summed E-state index contributed by atoms with van der Waals surface area (Å²) in [6, 6.07) is 0. The Morgan fingerprint density at radius 2 is 1.78 bits per heavy atom. The van der Waals surface area contributed by atoms with Crippen LogP contribution in [0.25, 0.3) is 0 Å². The zero-order valence-electron chi connectivity index (χ0n) is 4.96. The molecule has 0 atom stereocenters. The Balaban J connectivity index is 2.31. The van der Waals surface area contributed by atoms with Crippen LogP contribution in [-0.2, 0) is 9.59 Å². The molecule has 48 valence electrons. The van der Waals surface area contributed by atoms with Gasteiger partial charge in [-0.25, -0.2) is 0 Å². The Morgan fingerprint density at radius 3 is 2.00 bits per heavy atom. The molecule has 0 aromatic rings. The molecule has 3 nitrogen and oxygen atoms in total. The molecule has 0 saturated carbocycles. The quantitative estimate of drug-likeness (QED) is 0.392. The van der Waals surface area contributed by atoms with Crippen LogP contribution in [0.3, 0.4) is 0 Å². The van der Waals surface area contributed by atoms with Gasteiger partial charge in [-0.3, -0.25) is 14.5 Å². The fourth-order valence-corrected chi connectivity index (χ4v) is 1.49. The Bertz CT molecular complexity index is 169. The summed E-state index contributed by atoms with van der Waals surface area (Å²) in [5, 5.41) is 0. The van der Waals surface area contributed by atoms with Crippen LogP contribution in [0, 0.1) is 5.92 Å². The van der Waals surface area contributed by atoms with E-state index in [0.29, 0.717) is 19.6 Å². The number of hydrogen-bond donors (Lipinski definition) is 0. The lowest BCUT2D eigenvalue weighted by molar-refractivity contribution is -0.130. The molecule has 0 aromatic carbocycles. The SMILES string of the molecule is O=C1CN2CC(=O)C1C2. The zero-order chi connectivity index (χ0) is 6.43. The second-order valence-electron chi connectivity index (χ2n) is 2.65. The first kappa shape index (κ1) is 5.11. The highest BCUT2D eigenvalue weighted by Crippen LogP contribution is 2.20. The molecule has 9 heavy (non-hydrogen) atoms. The first-order valence-electron chi connectivity index (χ1n) is 3.05. The molecule has 2 rings (SSSR count). The van der Waals surface area contributed by atoms with Crippen molar-refractivity contribution in [2.75, 3.05) is 19.6 Å². The van der Waals surface area contributed by atoms with E-state index >= 15 is 0 Å². The predicted octanol–water partition coefficient (Wildman–Crippen LogP) is -0.930. The van der Waals surface area contributed by atoms with Gasteiger partial charge in [0.05, 0.1) is 19.0 Å². The third kappa shape index (κ3) is 0.551. The van der Waals surface area contributed by atoms with Crippen LogP contribution in [0.4, 0.5) is 0 Å². The largest absolute Gasteiger partial charge is 0.297 e. The number of ketones is 2. The van der Waals surface area contributed by atoms with E-state index in [1.165, 1.54) is 0 Å². The highest BCUT2D eigenvalue weighted by atomic mass is 16.2. The maximum Gasteiger partial charge on any atom is 0.158 e. The minimum atomic E-state index is -0.245. The van der Waals surface area contributed by atoms with Crippen molar-refractivity contribution in [3.05, 3.63) is 0 Å². The Hall–Kier alpha value is -0.700. The van der Waals surface area contributed by atoms with Gasteiger partial charge in [0.25, 0.3) is 0 Å². The molecule has 2 heterocycles. The second kappa shape index (κ2) is 1.42. The van der Waals surface area contributed by atoms with Crippen LogP contribution in [-0.4, -0.2) is 36.1 Å². The van der Waals surface area contributed by atoms with Crippen molar-refractivity contribution in [3.8, 4) is 0 Å². The summed E-state index contributed by atoms with van der Waals surface area (Å²) in [6.45, 7) is 1.71. The Morgan fingerprint density at radius 1 is 1.22 bits per heavy atom. The summed E-state index contributed by atoms with van der Waals surface area (Å²) >= 11 is 0. The van der Waals surface area contributed by atoms with Crippen molar-refractivity contribution in [3.63, 3.8) is 0 Å². The summed E-state index contributed by atoms with van der Waals surface area (Å²) in [5.41, 5.74) is 0. The van der Waals surface area contributed by atoms with E-state index in [4.69, 9.17) is 0 Å².